The number of ether oxygens (including phenoxy) is 3. The highest BCUT2D eigenvalue weighted by molar-refractivity contribution is 6.51. The van der Waals surface area contributed by atoms with Crippen LogP contribution in [-0.2, 0) is 15.0 Å². The van der Waals surface area contributed by atoms with Crippen LogP contribution in [-0.4, -0.2) is 37.1 Å². The molecule has 1 unspecified atom stereocenters. The number of carbonyl (C=O) groups is 2. The van der Waals surface area contributed by atoms with Crippen LogP contribution in [0.4, 0.5) is 5.69 Å². The smallest absolute Gasteiger partial charge is 0.300 e. The Bertz CT molecular complexity index is 1420. The number of Topliss-reactive ketones (excluding diaryl/α,β-unsaturated/α-hetero) is 1. The number of aliphatic hydroxyl groups excluding tert-OH is 1. The Morgan fingerprint density at radius 3 is 2.13 bits per heavy atom. The number of methoxy groups -OCH3 is 2. The van der Waals surface area contributed by atoms with Crippen molar-refractivity contribution in [1.29, 1.82) is 0 Å². The highest BCUT2D eigenvalue weighted by Gasteiger charge is 2.48. The van der Waals surface area contributed by atoms with Crippen LogP contribution in [0.2, 0.25) is 0 Å². The van der Waals surface area contributed by atoms with E-state index >= 15 is 0 Å². The van der Waals surface area contributed by atoms with E-state index in [2.05, 4.69) is 0 Å². The molecule has 0 radical (unpaired) electrons. The van der Waals surface area contributed by atoms with Gasteiger partial charge < -0.3 is 19.3 Å². The molecule has 1 atom stereocenters. The average molecular weight is 530 g/mol. The summed E-state index contributed by atoms with van der Waals surface area (Å²) in [6, 6.07) is 18.5. The van der Waals surface area contributed by atoms with Crippen LogP contribution in [0.1, 0.15) is 57.4 Å². The van der Waals surface area contributed by atoms with Crippen molar-refractivity contribution in [3.05, 3.63) is 89.0 Å². The van der Waals surface area contributed by atoms with Crippen LogP contribution in [0.15, 0.2) is 72.3 Å². The Morgan fingerprint density at radius 1 is 0.897 bits per heavy atom. The van der Waals surface area contributed by atoms with E-state index in [0.29, 0.717) is 34.1 Å². The van der Waals surface area contributed by atoms with E-state index in [4.69, 9.17) is 14.2 Å². The number of aliphatic hydroxyl groups is 1. The maximum atomic E-state index is 13.6. The van der Waals surface area contributed by atoms with Crippen LogP contribution in [0.3, 0.4) is 0 Å². The van der Waals surface area contributed by atoms with Crippen molar-refractivity contribution >= 4 is 23.1 Å². The largest absolute Gasteiger partial charge is 0.507 e. The first-order valence-corrected chi connectivity index (χ1v) is 12.9. The van der Waals surface area contributed by atoms with Gasteiger partial charge in [0.15, 0.2) is 0 Å². The molecular formula is C32H35NO6. The molecule has 204 valence electrons. The molecule has 0 aliphatic carbocycles. The summed E-state index contributed by atoms with van der Waals surface area (Å²) in [5.41, 5.74) is 2.03. The number of carbonyl (C=O) groups excluding carboxylic acids is 2. The molecule has 0 saturated carbocycles. The molecule has 0 bridgehead atoms. The van der Waals surface area contributed by atoms with Crippen LogP contribution in [0.5, 0.6) is 17.2 Å². The molecule has 1 aliphatic heterocycles. The molecule has 7 nitrogen and oxygen atoms in total. The second-order valence-corrected chi connectivity index (χ2v) is 10.7. The number of ketones is 1. The summed E-state index contributed by atoms with van der Waals surface area (Å²) in [5.74, 6) is 0.0232. The molecule has 1 aliphatic rings. The van der Waals surface area contributed by atoms with Crippen molar-refractivity contribution in [1.82, 2.24) is 0 Å². The number of anilines is 1. The molecule has 3 aromatic carbocycles. The van der Waals surface area contributed by atoms with Gasteiger partial charge in [-0.25, -0.2) is 0 Å². The van der Waals surface area contributed by atoms with Crippen LogP contribution >= 0.6 is 0 Å². The second-order valence-electron chi connectivity index (χ2n) is 10.7. The first-order valence-electron chi connectivity index (χ1n) is 12.9. The fourth-order valence-corrected chi connectivity index (χ4v) is 4.84. The standard InChI is InChI=1S/C32H35NO6/c1-19(2)39-22-15-13-21(14-16-22)33-28(23-10-8-9-11-25(23)37-6)27(30(35)31(33)36)29(34)20-12-17-26(38-7)24(18-20)32(3,4)5/h8-19,28,34H,1-7H3/b29-27+. The maximum absolute atomic E-state index is 13.6. The van der Waals surface area contributed by atoms with E-state index in [1.165, 1.54) is 12.0 Å². The van der Waals surface area contributed by atoms with Gasteiger partial charge in [0, 0.05) is 22.4 Å². The minimum absolute atomic E-state index is 0.0128. The number of amides is 1. The van der Waals surface area contributed by atoms with Crippen molar-refractivity contribution in [2.45, 2.75) is 52.2 Å². The van der Waals surface area contributed by atoms with Gasteiger partial charge in [-0.1, -0.05) is 39.0 Å². The van der Waals surface area contributed by atoms with Crippen molar-refractivity contribution < 1.29 is 28.9 Å². The molecule has 1 heterocycles. The summed E-state index contributed by atoms with van der Waals surface area (Å²) in [5, 5.41) is 11.6. The number of benzene rings is 3. The Morgan fingerprint density at radius 2 is 1.54 bits per heavy atom. The van der Waals surface area contributed by atoms with Crippen molar-refractivity contribution in [2.24, 2.45) is 0 Å². The molecule has 39 heavy (non-hydrogen) atoms. The predicted molar refractivity (Wildman–Crippen MR) is 152 cm³/mol. The zero-order chi connectivity index (χ0) is 28.5. The van der Waals surface area contributed by atoms with E-state index in [9.17, 15) is 14.7 Å². The summed E-state index contributed by atoms with van der Waals surface area (Å²) < 4.78 is 16.9. The first kappa shape index (κ1) is 27.8. The van der Waals surface area contributed by atoms with Crippen LogP contribution in [0, 0.1) is 0 Å². The zero-order valence-corrected chi connectivity index (χ0v) is 23.4. The van der Waals surface area contributed by atoms with Gasteiger partial charge in [0.2, 0.25) is 0 Å². The predicted octanol–water partition coefficient (Wildman–Crippen LogP) is 6.41. The third-order valence-corrected chi connectivity index (χ3v) is 6.65. The van der Waals surface area contributed by atoms with Crippen LogP contribution < -0.4 is 19.1 Å². The molecule has 3 aromatic rings. The Balaban J connectivity index is 1.94. The fourth-order valence-electron chi connectivity index (χ4n) is 4.84. The fraction of sp³-hybridized carbons (Fsp3) is 0.312. The summed E-state index contributed by atoms with van der Waals surface area (Å²) in [6.07, 6.45) is -0.0128. The summed E-state index contributed by atoms with van der Waals surface area (Å²) >= 11 is 0. The topological polar surface area (TPSA) is 85.3 Å². The summed E-state index contributed by atoms with van der Waals surface area (Å²) in [7, 11) is 3.12. The molecule has 7 heteroatoms. The third-order valence-electron chi connectivity index (χ3n) is 6.65. The van der Waals surface area contributed by atoms with Crippen molar-refractivity contribution in [3.8, 4) is 17.2 Å². The number of para-hydroxylation sites is 1. The van der Waals surface area contributed by atoms with Gasteiger partial charge in [-0.2, -0.15) is 0 Å². The van der Waals surface area contributed by atoms with Gasteiger partial charge in [-0.05, 0) is 67.8 Å². The van der Waals surface area contributed by atoms with Gasteiger partial charge in [0.1, 0.15) is 23.0 Å². The highest BCUT2D eigenvalue weighted by Crippen LogP contribution is 2.45. The van der Waals surface area contributed by atoms with E-state index in [1.807, 2.05) is 46.8 Å². The average Bonchev–Trinajstić information content (AvgIpc) is 3.17. The maximum Gasteiger partial charge on any atom is 0.300 e. The Hall–Kier alpha value is -4.26. The lowest BCUT2D eigenvalue weighted by molar-refractivity contribution is -0.132. The third kappa shape index (κ3) is 5.35. The van der Waals surface area contributed by atoms with E-state index < -0.39 is 17.7 Å². The van der Waals surface area contributed by atoms with Crippen molar-refractivity contribution in [3.63, 3.8) is 0 Å². The normalized spacial score (nSPS) is 17.0. The zero-order valence-electron chi connectivity index (χ0n) is 23.4. The van der Waals surface area contributed by atoms with Gasteiger partial charge in [-0.15, -0.1) is 0 Å². The molecule has 4 rings (SSSR count). The van der Waals surface area contributed by atoms with E-state index in [0.717, 1.165) is 5.56 Å². The lowest BCUT2D eigenvalue weighted by atomic mass is 9.84. The number of nitrogens with zero attached hydrogens (tertiary/aromatic N) is 1. The molecule has 1 saturated heterocycles. The van der Waals surface area contributed by atoms with Gasteiger partial charge >= 0.3 is 0 Å². The highest BCUT2D eigenvalue weighted by atomic mass is 16.5. The first-order chi connectivity index (χ1) is 18.5. The number of hydrogen-bond donors (Lipinski definition) is 1. The van der Waals surface area contributed by atoms with Gasteiger partial charge in [0.25, 0.3) is 11.7 Å². The second kappa shape index (κ2) is 10.8. The number of rotatable bonds is 7. The Kier molecular flexibility index (Phi) is 7.72. The SMILES string of the molecule is COc1ccccc1C1/C(=C(\O)c2ccc(OC)c(C(C)(C)C)c2)C(=O)C(=O)N1c1ccc(OC(C)C)cc1. The lowest BCUT2D eigenvalue weighted by Crippen LogP contribution is -2.29. The van der Waals surface area contributed by atoms with E-state index in [-0.39, 0.29) is 22.9 Å². The molecular weight excluding hydrogens is 494 g/mol. The Labute approximate surface area is 229 Å². The van der Waals surface area contributed by atoms with E-state index in [1.54, 1.807) is 61.7 Å². The van der Waals surface area contributed by atoms with Gasteiger partial charge in [-0.3, -0.25) is 14.5 Å². The number of hydrogen-bond acceptors (Lipinski definition) is 6. The van der Waals surface area contributed by atoms with Crippen molar-refractivity contribution in [2.75, 3.05) is 19.1 Å². The minimum atomic E-state index is -0.918. The summed E-state index contributed by atoms with van der Waals surface area (Å²) in [4.78, 5) is 28.6. The molecule has 0 aromatic heterocycles. The summed E-state index contributed by atoms with van der Waals surface area (Å²) in [6.45, 7) is 9.97. The minimum Gasteiger partial charge on any atom is -0.507 e. The molecule has 1 fully saturated rings. The monoisotopic (exact) mass is 529 g/mol. The molecule has 1 N–H and O–H groups in total. The molecule has 1 amide bonds. The lowest BCUT2D eigenvalue weighted by Gasteiger charge is -2.27. The van der Waals surface area contributed by atoms with Gasteiger partial charge in [0.05, 0.1) is 31.9 Å². The van der Waals surface area contributed by atoms with Crippen LogP contribution in [0.25, 0.3) is 5.76 Å². The quantitative estimate of drug-likeness (QED) is 0.216. The molecule has 0 spiro atoms.